The van der Waals surface area contributed by atoms with Gasteiger partial charge in [-0.15, -0.1) is 0 Å². The van der Waals surface area contributed by atoms with E-state index in [1.165, 1.54) is 5.57 Å². The van der Waals surface area contributed by atoms with Gasteiger partial charge >= 0.3 is 5.97 Å². The number of carbonyl (C=O) groups excluding carboxylic acids is 1. The molecular weight excluding hydrogens is 288 g/mol. The van der Waals surface area contributed by atoms with E-state index < -0.39 is 0 Å². The molecule has 4 heteroatoms. The van der Waals surface area contributed by atoms with Gasteiger partial charge in [0.15, 0.2) is 0 Å². The minimum atomic E-state index is -0.189. The van der Waals surface area contributed by atoms with Crippen molar-refractivity contribution in [3.05, 3.63) is 59.2 Å². The summed E-state index contributed by atoms with van der Waals surface area (Å²) < 4.78 is 5.40. The maximum atomic E-state index is 12.1. The fourth-order valence-electron chi connectivity index (χ4n) is 2.95. The summed E-state index contributed by atoms with van der Waals surface area (Å²) in [5.74, 6) is -0.189. The van der Waals surface area contributed by atoms with E-state index in [9.17, 15) is 4.79 Å². The molecule has 1 aromatic rings. The Labute approximate surface area is 137 Å². The Bertz CT molecular complexity index is 587. The van der Waals surface area contributed by atoms with Gasteiger partial charge in [0, 0.05) is 38.3 Å². The monoisotopic (exact) mass is 312 g/mol. The van der Waals surface area contributed by atoms with E-state index in [0.29, 0.717) is 6.61 Å². The van der Waals surface area contributed by atoms with Crippen molar-refractivity contribution in [3.63, 3.8) is 0 Å². The Balaban J connectivity index is 1.49. The van der Waals surface area contributed by atoms with Crippen LogP contribution in [0.1, 0.15) is 18.4 Å². The molecule has 1 aliphatic carbocycles. The van der Waals surface area contributed by atoms with Gasteiger partial charge in [-0.25, -0.2) is 4.79 Å². The molecular formula is C19H24N2O2. The molecule has 0 spiro atoms. The smallest absolute Gasteiger partial charge is 0.334 e. The molecule has 1 fully saturated rings. The zero-order valence-corrected chi connectivity index (χ0v) is 13.5. The molecule has 3 rings (SSSR count). The summed E-state index contributed by atoms with van der Waals surface area (Å²) in [5.41, 5.74) is 3.21. The molecule has 0 atom stereocenters. The molecule has 1 heterocycles. The predicted molar refractivity (Wildman–Crippen MR) is 90.9 cm³/mol. The number of piperazine rings is 1. The number of allylic oxidation sites excluding steroid dienone is 2. The molecule has 0 radical (unpaired) electrons. The Kier molecular flexibility index (Phi) is 5.61. The number of ether oxygens (including phenoxy) is 1. The van der Waals surface area contributed by atoms with E-state index in [1.54, 1.807) is 0 Å². The minimum Gasteiger partial charge on any atom is -0.457 e. The minimum absolute atomic E-state index is 0.189. The number of hydrogen-bond donors (Lipinski definition) is 1. The number of rotatable bonds is 5. The van der Waals surface area contributed by atoms with Crippen LogP contribution in [0.5, 0.6) is 0 Å². The molecule has 4 nitrogen and oxygen atoms in total. The summed E-state index contributed by atoms with van der Waals surface area (Å²) in [6.07, 6.45) is 5.78. The van der Waals surface area contributed by atoms with E-state index in [-0.39, 0.29) is 5.97 Å². The van der Waals surface area contributed by atoms with Crippen molar-refractivity contribution < 1.29 is 9.53 Å². The Morgan fingerprint density at radius 3 is 2.57 bits per heavy atom. The molecule has 1 aromatic carbocycles. The molecule has 1 saturated heterocycles. The first-order valence-corrected chi connectivity index (χ1v) is 8.34. The zero-order valence-electron chi connectivity index (χ0n) is 13.5. The third-order valence-corrected chi connectivity index (χ3v) is 4.35. The van der Waals surface area contributed by atoms with Crippen molar-refractivity contribution in [2.75, 3.05) is 32.7 Å². The van der Waals surface area contributed by atoms with Gasteiger partial charge in [0.1, 0.15) is 6.61 Å². The maximum absolute atomic E-state index is 12.1. The van der Waals surface area contributed by atoms with Gasteiger partial charge in [0.25, 0.3) is 0 Å². The van der Waals surface area contributed by atoms with Crippen LogP contribution in [0.2, 0.25) is 0 Å². The SMILES string of the molecule is O=C(OCc1ccccc1)C1=CC=C(CN2CCNCC2)CC1. The van der Waals surface area contributed by atoms with Crippen LogP contribution in [0, 0.1) is 0 Å². The number of carbonyl (C=O) groups is 1. The highest BCUT2D eigenvalue weighted by molar-refractivity contribution is 5.89. The molecule has 2 aliphatic rings. The summed E-state index contributed by atoms with van der Waals surface area (Å²) in [4.78, 5) is 14.6. The van der Waals surface area contributed by atoms with Gasteiger partial charge in [-0.3, -0.25) is 4.90 Å². The highest BCUT2D eigenvalue weighted by Crippen LogP contribution is 2.21. The lowest BCUT2D eigenvalue weighted by molar-refractivity contribution is -0.140. The molecule has 0 amide bonds. The van der Waals surface area contributed by atoms with Crippen molar-refractivity contribution in [2.24, 2.45) is 0 Å². The molecule has 1 aliphatic heterocycles. The first-order chi connectivity index (χ1) is 11.3. The predicted octanol–water partition coefficient (Wildman–Crippen LogP) is 2.28. The first kappa shape index (κ1) is 16.0. The normalized spacial score (nSPS) is 19.0. The number of hydrogen-bond acceptors (Lipinski definition) is 4. The third kappa shape index (κ3) is 4.78. The van der Waals surface area contributed by atoms with Gasteiger partial charge in [-0.2, -0.15) is 0 Å². The number of esters is 1. The summed E-state index contributed by atoms with van der Waals surface area (Å²) >= 11 is 0. The fourth-order valence-corrected chi connectivity index (χ4v) is 2.95. The second-order valence-corrected chi connectivity index (χ2v) is 6.10. The van der Waals surface area contributed by atoms with E-state index in [2.05, 4.69) is 16.3 Å². The van der Waals surface area contributed by atoms with Crippen LogP contribution in [0.3, 0.4) is 0 Å². The fraction of sp³-hybridized carbons (Fsp3) is 0.421. The van der Waals surface area contributed by atoms with Crippen LogP contribution < -0.4 is 5.32 Å². The molecule has 0 saturated carbocycles. The van der Waals surface area contributed by atoms with Gasteiger partial charge in [0.05, 0.1) is 0 Å². The van der Waals surface area contributed by atoms with Crippen LogP contribution in [0.15, 0.2) is 53.6 Å². The Hall–Kier alpha value is -1.91. The average Bonchev–Trinajstić information content (AvgIpc) is 2.62. The molecule has 1 N–H and O–H groups in total. The van der Waals surface area contributed by atoms with Crippen LogP contribution in [-0.4, -0.2) is 43.6 Å². The summed E-state index contributed by atoms with van der Waals surface area (Å²) in [5, 5.41) is 3.37. The third-order valence-electron chi connectivity index (χ3n) is 4.35. The second-order valence-electron chi connectivity index (χ2n) is 6.10. The maximum Gasteiger partial charge on any atom is 0.334 e. The lowest BCUT2D eigenvalue weighted by atomic mass is 9.98. The Morgan fingerprint density at radius 2 is 1.87 bits per heavy atom. The second kappa shape index (κ2) is 8.09. The van der Waals surface area contributed by atoms with Crippen molar-refractivity contribution in [3.8, 4) is 0 Å². The lowest BCUT2D eigenvalue weighted by Crippen LogP contribution is -2.44. The number of nitrogens with zero attached hydrogens (tertiary/aromatic N) is 1. The quantitative estimate of drug-likeness (QED) is 0.847. The van der Waals surface area contributed by atoms with Crippen molar-refractivity contribution in [1.29, 1.82) is 0 Å². The molecule has 0 unspecified atom stereocenters. The van der Waals surface area contributed by atoms with E-state index in [1.807, 2.05) is 36.4 Å². The van der Waals surface area contributed by atoms with Gasteiger partial charge in [-0.05, 0) is 18.4 Å². The van der Waals surface area contributed by atoms with Gasteiger partial charge in [-0.1, -0.05) is 48.1 Å². The van der Waals surface area contributed by atoms with Crippen LogP contribution in [0.4, 0.5) is 0 Å². The van der Waals surface area contributed by atoms with E-state index >= 15 is 0 Å². The number of nitrogens with one attached hydrogen (secondary N) is 1. The van der Waals surface area contributed by atoms with Crippen molar-refractivity contribution in [2.45, 2.75) is 19.4 Å². The number of benzene rings is 1. The Morgan fingerprint density at radius 1 is 1.09 bits per heavy atom. The highest BCUT2D eigenvalue weighted by atomic mass is 16.5. The molecule has 0 bridgehead atoms. The zero-order chi connectivity index (χ0) is 15.9. The lowest BCUT2D eigenvalue weighted by Gasteiger charge is -2.28. The first-order valence-electron chi connectivity index (χ1n) is 8.34. The summed E-state index contributed by atoms with van der Waals surface area (Å²) in [6, 6.07) is 9.80. The highest BCUT2D eigenvalue weighted by Gasteiger charge is 2.17. The van der Waals surface area contributed by atoms with Gasteiger partial charge < -0.3 is 10.1 Å². The summed E-state index contributed by atoms with van der Waals surface area (Å²) in [7, 11) is 0. The van der Waals surface area contributed by atoms with Crippen LogP contribution in [-0.2, 0) is 16.1 Å². The molecule has 122 valence electrons. The average molecular weight is 312 g/mol. The molecule has 0 aromatic heterocycles. The molecule has 23 heavy (non-hydrogen) atoms. The summed E-state index contributed by atoms with van der Waals surface area (Å²) in [6.45, 7) is 5.71. The topological polar surface area (TPSA) is 41.6 Å². The van der Waals surface area contributed by atoms with Crippen molar-refractivity contribution >= 4 is 5.97 Å². The van der Waals surface area contributed by atoms with Crippen LogP contribution in [0.25, 0.3) is 0 Å². The van der Waals surface area contributed by atoms with E-state index in [0.717, 1.165) is 56.7 Å². The largest absolute Gasteiger partial charge is 0.457 e. The van der Waals surface area contributed by atoms with E-state index in [4.69, 9.17) is 4.74 Å². The standard InChI is InChI=1S/C19H24N2O2/c22-19(23-15-17-4-2-1-3-5-17)18-8-6-16(7-9-18)14-21-12-10-20-11-13-21/h1-6,8,20H,7,9-15H2. The van der Waals surface area contributed by atoms with Crippen LogP contribution >= 0.6 is 0 Å². The van der Waals surface area contributed by atoms with Crippen molar-refractivity contribution in [1.82, 2.24) is 10.2 Å². The van der Waals surface area contributed by atoms with Gasteiger partial charge in [0.2, 0.25) is 0 Å².